The summed E-state index contributed by atoms with van der Waals surface area (Å²) in [6, 6.07) is 16.8. The molecule has 1 aliphatic rings. The van der Waals surface area contributed by atoms with E-state index in [1.165, 1.54) is 0 Å². The predicted molar refractivity (Wildman–Crippen MR) is 112 cm³/mol. The molecule has 0 bridgehead atoms. The molecule has 2 amide bonds. The van der Waals surface area contributed by atoms with Crippen LogP contribution in [-0.2, 0) is 16.0 Å². The molecule has 1 unspecified atom stereocenters. The molecule has 2 aromatic carbocycles. The second kappa shape index (κ2) is 8.31. The molecule has 6 heteroatoms. The lowest BCUT2D eigenvalue weighted by atomic mass is 10.0. The van der Waals surface area contributed by atoms with Crippen molar-refractivity contribution < 1.29 is 14.3 Å². The third kappa shape index (κ3) is 4.54. The quantitative estimate of drug-likeness (QED) is 0.634. The number of benzene rings is 2. The van der Waals surface area contributed by atoms with E-state index in [-0.39, 0.29) is 6.04 Å². The van der Waals surface area contributed by atoms with Crippen molar-refractivity contribution in [3.05, 3.63) is 66.4 Å². The molecule has 0 radical (unpaired) electrons. The van der Waals surface area contributed by atoms with Gasteiger partial charge in [0.1, 0.15) is 5.75 Å². The molecule has 1 heterocycles. The van der Waals surface area contributed by atoms with Crippen molar-refractivity contribution in [2.24, 2.45) is 5.92 Å². The number of hydrogen-bond acceptors (Lipinski definition) is 4. The van der Waals surface area contributed by atoms with Gasteiger partial charge in [-0.05, 0) is 67.1 Å². The van der Waals surface area contributed by atoms with Gasteiger partial charge in [-0.25, -0.2) is 0 Å². The van der Waals surface area contributed by atoms with E-state index in [0.29, 0.717) is 18.0 Å². The van der Waals surface area contributed by atoms with E-state index >= 15 is 0 Å². The number of carbonyl (C=O) groups excluding carboxylic acids is 2. The van der Waals surface area contributed by atoms with Gasteiger partial charge in [0.25, 0.3) is 0 Å². The summed E-state index contributed by atoms with van der Waals surface area (Å²) in [5.74, 6) is -0.103. The minimum atomic E-state index is -0.669. The summed E-state index contributed by atoms with van der Waals surface area (Å²) in [6.45, 7) is 0. The highest BCUT2D eigenvalue weighted by Gasteiger charge is 2.33. The van der Waals surface area contributed by atoms with Crippen LogP contribution in [0.1, 0.15) is 18.4 Å². The smallest absolute Gasteiger partial charge is 0.313 e. The maximum Gasteiger partial charge on any atom is 0.313 e. The molecule has 2 N–H and O–H groups in total. The van der Waals surface area contributed by atoms with E-state index in [9.17, 15) is 9.59 Å². The summed E-state index contributed by atoms with van der Waals surface area (Å²) in [5.41, 5.74) is 2.41. The fourth-order valence-corrected chi connectivity index (χ4v) is 3.51. The van der Waals surface area contributed by atoms with Gasteiger partial charge in [-0.3, -0.25) is 14.6 Å². The molecule has 4 rings (SSSR count). The highest BCUT2D eigenvalue weighted by Crippen LogP contribution is 2.34. The third-order valence-electron chi connectivity index (χ3n) is 5.20. The molecule has 1 aliphatic carbocycles. The minimum absolute atomic E-state index is 0.0745. The van der Waals surface area contributed by atoms with Crippen molar-refractivity contribution in [2.45, 2.75) is 25.3 Å². The highest BCUT2D eigenvalue weighted by atomic mass is 16.5. The second-order valence-corrected chi connectivity index (χ2v) is 7.30. The number of carbonyl (C=O) groups is 2. The van der Waals surface area contributed by atoms with Crippen LogP contribution in [0.3, 0.4) is 0 Å². The summed E-state index contributed by atoms with van der Waals surface area (Å²) in [7, 11) is 1.63. The Hall–Kier alpha value is -3.41. The summed E-state index contributed by atoms with van der Waals surface area (Å²) in [5, 5.41) is 6.44. The Balaban J connectivity index is 1.44. The van der Waals surface area contributed by atoms with E-state index in [2.05, 4.69) is 15.6 Å². The molecule has 1 atom stereocenters. The zero-order chi connectivity index (χ0) is 20.2. The van der Waals surface area contributed by atoms with Crippen LogP contribution in [0.4, 0.5) is 5.69 Å². The Kier molecular flexibility index (Phi) is 5.42. The Morgan fingerprint density at radius 2 is 1.93 bits per heavy atom. The van der Waals surface area contributed by atoms with Gasteiger partial charge in [-0.15, -0.1) is 0 Å². The fraction of sp³-hybridized carbons (Fsp3) is 0.261. The van der Waals surface area contributed by atoms with Crippen molar-refractivity contribution in [3.8, 4) is 5.75 Å². The molecule has 29 heavy (non-hydrogen) atoms. The molecule has 1 saturated carbocycles. The molecule has 6 nitrogen and oxygen atoms in total. The summed E-state index contributed by atoms with van der Waals surface area (Å²) in [6.07, 6.45) is 4.48. The normalized spacial score (nSPS) is 14.2. The van der Waals surface area contributed by atoms with Crippen molar-refractivity contribution >= 4 is 28.4 Å². The molecule has 0 spiro atoms. The number of ether oxygens (including phenoxy) is 1. The average molecular weight is 389 g/mol. The predicted octanol–water partition coefficient (Wildman–Crippen LogP) is 3.32. The molecule has 1 aromatic heterocycles. The van der Waals surface area contributed by atoms with Gasteiger partial charge in [0, 0.05) is 17.6 Å². The highest BCUT2D eigenvalue weighted by molar-refractivity contribution is 6.40. The van der Waals surface area contributed by atoms with Crippen molar-refractivity contribution in [1.82, 2.24) is 10.3 Å². The number of aromatic nitrogens is 1. The zero-order valence-corrected chi connectivity index (χ0v) is 16.2. The molecular weight excluding hydrogens is 366 g/mol. The Morgan fingerprint density at radius 3 is 2.72 bits per heavy atom. The van der Waals surface area contributed by atoms with Gasteiger partial charge in [0.2, 0.25) is 0 Å². The standard InChI is InChI=1S/C23H23N3O3/c1-29-17-6-2-5-15(13-17)14-21(16-10-11-16)26-23(28)22(27)25-20-9-3-8-19-18(20)7-4-12-24-19/h2-9,12-13,16,21H,10-11,14H2,1H3,(H,25,27)(H,26,28). The van der Waals surface area contributed by atoms with Gasteiger partial charge < -0.3 is 15.4 Å². The van der Waals surface area contributed by atoms with Gasteiger partial charge in [0.15, 0.2) is 0 Å². The number of pyridine rings is 1. The minimum Gasteiger partial charge on any atom is -0.497 e. The number of anilines is 1. The number of rotatable bonds is 6. The zero-order valence-electron chi connectivity index (χ0n) is 16.2. The molecular formula is C23H23N3O3. The molecule has 0 saturated heterocycles. The lowest BCUT2D eigenvalue weighted by Gasteiger charge is -2.18. The number of fused-ring (bicyclic) bond motifs is 1. The number of nitrogens with zero attached hydrogens (tertiary/aromatic N) is 1. The van der Waals surface area contributed by atoms with E-state index in [4.69, 9.17) is 4.74 Å². The van der Waals surface area contributed by atoms with Crippen LogP contribution < -0.4 is 15.4 Å². The maximum atomic E-state index is 12.6. The lowest BCUT2D eigenvalue weighted by molar-refractivity contribution is -0.136. The number of methoxy groups -OCH3 is 1. The topological polar surface area (TPSA) is 80.3 Å². The van der Waals surface area contributed by atoms with Gasteiger partial charge in [0.05, 0.1) is 18.3 Å². The van der Waals surface area contributed by atoms with Gasteiger partial charge >= 0.3 is 11.8 Å². The largest absolute Gasteiger partial charge is 0.497 e. The van der Waals surface area contributed by atoms with Crippen LogP contribution >= 0.6 is 0 Å². The van der Waals surface area contributed by atoms with Crippen molar-refractivity contribution in [2.75, 3.05) is 12.4 Å². The van der Waals surface area contributed by atoms with Gasteiger partial charge in [-0.2, -0.15) is 0 Å². The Labute approximate surface area is 169 Å². The number of amides is 2. The van der Waals surface area contributed by atoms with Crippen molar-refractivity contribution in [3.63, 3.8) is 0 Å². The number of nitrogens with one attached hydrogen (secondary N) is 2. The Morgan fingerprint density at radius 1 is 1.10 bits per heavy atom. The third-order valence-corrected chi connectivity index (χ3v) is 5.20. The summed E-state index contributed by atoms with van der Waals surface area (Å²) >= 11 is 0. The van der Waals surface area contributed by atoms with E-state index in [0.717, 1.165) is 35.1 Å². The van der Waals surface area contributed by atoms with E-state index in [1.54, 1.807) is 31.5 Å². The van der Waals surface area contributed by atoms with Gasteiger partial charge in [-0.1, -0.05) is 18.2 Å². The Bertz CT molecular complexity index is 1040. The molecule has 0 aliphatic heterocycles. The molecule has 1 fully saturated rings. The number of hydrogen-bond donors (Lipinski definition) is 2. The first-order valence-corrected chi connectivity index (χ1v) is 9.72. The van der Waals surface area contributed by atoms with Crippen LogP contribution in [0.2, 0.25) is 0 Å². The first-order chi connectivity index (χ1) is 14.1. The summed E-state index contributed by atoms with van der Waals surface area (Å²) < 4.78 is 5.28. The van der Waals surface area contributed by atoms with Crippen LogP contribution in [0, 0.1) is 5.92 Å². The van der Waals surface area contributed by atoms with Crippen LogP contribution in [-0.4, -0.2) is 29.9 Å². The SMILES string of the molecule is COc1cccc(CC(NC(=O)C(=O)Nc2cccc3ncccc23)C2CC2)c1. The van der Waals surface area contributed by atoms with Crippen LogP contribution in [0.5, 0.6) is 5.75 Å². The average Bonchev–Trinajstić information content (AvgIpc) is 3.59. The van der Waals surface area contributed by atoms with E-state index < -0.39 is 11.8 Å². The molecule has 148 valence electrons. The first-order valence-electron chi connectivity index (χ1n) is 9.72. The van der Waals surface area contributed by atoms with Crippen LogP contribution in [0.15, 0.2) is 60.8 Å². The second-order valence-electron chi connectivity index (χ2n) is 7.30. The monoisotopic (exact) mass is 389 g/mol. The molecule has 3 aromatic rings. The maximum absolute atomic E-state index is 12.6. The van der Waals surface area contributed by atoms with E-state index in [1.807, 2.05) is 36.4 Å². The fourth-order valence-electron chi connectivity index (χ4n) is 3.51. The lowest BCUT2D eigenvalue weighted by Crippen LogP contribution is -2.44. The van der Waals surface area contributed by atoms with Crippen molar-refractivity contribution in [1.29, 1.82) is 0 Å². The van der Waals surface area contributed by atoms with Crippen LogP contribution in [0.25, 0.3) is 10.9 Å². The first kappa shape index (κ1) is 18.9. The summed E-state index contributed by atoms with van der Waals surface area (Å²) in [4.78, 5) is 29.4.